The summed E-state index contributed by atoms with van der Waals surface area (Å²) >= 11 is 0. The molecule has 1 aromatic carbocycles. The number of nitrogens with zero attached hydrogens (tertiary/aromatic N) is 2. The Hall–Kier alpha value is -2.56. The molecule has 0 aliphatic heterocycles. The van der Waals surface area contributed by atoms with Crippen LogP contribution in [0.25, 0.3) is 6.08 Å². The highest BCUT2D eigenvalue weighted by molar-refractivity contribution is 6.05. The van der Waals surface area contributed by atoms with Gasteiger partial charge in [-0.1, -0.05) is 12.1 Å². The van der Waals surface area contributed by atoms with Gasteiger partial charge in [0.15, 0.2) is 11.5 Å². The van der Waals surface area contributed by atoms with E-state index in [0.29, 0.717) is 17.2 Å². The Kier molecular flexibility index (Phi) is 4.20. The summed E-state index contributed by atoms with van der Waals surface area (Å²) in [6.07, 6.45) is 4.94. The molecule has 2 aromatic rings. The Labute approximate surface area is 117 Å². The summed E-state index contributed by atoms with van der Waals surface area (Å²) in [6.45, 7) is 0. The van der Waals surface area contributed by atoms with E-state index in [0.717, 1.165) is 5.56 Å². The lowest BCUT2D eigenvalue weighted by molar-refractivity contribution is 0.104. The third kappa shape index (κ3) is 3.06. The van der Waals surface area contributed by atoms with Gasteiger partial charge >= 0.3 is 0 Å². The molecule has 2 rings (SSSR count). The van der Waals surface area contributed by atoms with Crippen LogP contribution in [-0.4, -0.2) is 29.8 Å². The van der Waals surface area contributed by atoms with E-state index in [2.05, 4.69) is 5.10 Å². The molecule has 0 radical (unpaired) electrons. The molecule has 5 nitrogen and oxygen atoms in total. The van der Waals surface area contributed by atoms with Crippen molar-refractivity contribution in [2.45, 2.75) is 0 Å². The quantitative estimate of drug-likeness (QED) is 0.619. The second kappa shape index (κ2) is 6.06. The molecule has 0 amide bonds. The van der Waals surface area contributed by atoms with E-state index in [9.17, 15) is 4.79 Å². The van der Waals surface area contributed by atoms with Crippen LogP contribution in [-0.2, 0) is 7.05 Å². The van der Waals surface area contributed by atoms with E-state index in [1.54, 1.807) is 56.4 Å². The predicted molar refractivity (Wildman–Crippen MR) is 76.1 cm³/mol. The van der Waals surface area contributed by atoms with Crippen LogP contribution in [0.5, 0.6) is 11.5 Å². The Morgan fingerprint density at radius 1 is 1.20 bits per heavy atom. The minimum absolute atomic E-state index is 0.139. The van der Waals surface area contributed by atoms with E-state index in [4.69, 9.17) is 9.47 Å². The first-order valence-corrected chi connectivity index (χ1v) is 6.08. The van der Waals surface area contributed by atoms with Gasteiger partial charge in [-0.3, -0.25) is 9.48 Å². The zero-order valence-electron chi connectivity index (χ0n) is 11.7. The molecule has 0 aliphatic carbocycles. The lowest BCUT2D eigenvalue weighted by Gasteiger charge is -2.07. The highest BCUT2D eigenvalue weighted by Crippen LogP contribution is 2.27. The second-order valence-corrected chi connectivity index (χ2v) is 4.19. The normalized spacial score (nSPS) is 10.8. The maximum absolute atomic E-state index is 11.9. The van der Waals surface area contributed by atoms with Crippen LogP contribution >= 0.6 is 0 Å². The average Bonchev–Trinajstić information content (AvgIpc) is 2.91. The van der Waals surface area contributed by atoms with Gasteiger partial charge in [0.05, 0.1) is 14.2 Å². The molecule has 0 bridgehead atoms. The SMILES string of the molecule is COc1ccc(/C=C/C(=O)c2ccn(C)n2)cc1OC. The predicted octanol–water partition coefficient (Wildman–Crippen LogP) is 2.33. The molecule has 1 heterocycles. The van der Waals surface area contributed by atoms with Crippen molar-refractivity contribution < 1.29 is 14.3 Å². The van der Waals surface area contributed by atoms with E-state index in [-0.39, 0.29) is 5.78 Å². The molecule has 20 heavy (non-hydrogen) atoms. The fourth-order valence-electron chi connectivity index (χ4n) is 1.76. The summed E-state index contributed by atoms with van der Waals surface area (Å²) in [4.78, 5) is 11.9. The molecular formula is C15H16N2O3. The lowest BCUT2D eigenvalue weighted by atomic mass is 10.1. The largest absolute Gasteiger partial charge is 0.493 e. The van der Waals surface area contributed by atoms with Crippen LogP contribution in [0.4, 0.5) is 0 Å². The Bertz CT molecular complexity index is 644. The van der Waals surface area contributed by atoms with Gasteiger partial charge in [-0.25, -0.2) is 0 Å². The smallest absolute Gasteiger partial charge is 0.206 e. The molecule has 0 fully saturated rings. The summed E-state index contributed by atoms with van der Waals surface area (Å²) in [5.74, 6) is 1.14. The van der Waals surface area contributed by atoms with Crippen molar-refractivity contribution in [2.24, 2.45) is 7.05 Å². The first-order valence-electron chi connectivity index (χ1n) is 6.08. The lowest BCUT2D eigenvalue weighted by Crippen LogP contribution is -1.97. The first kappa shape index (κ1) is 13.9. The van der Waals surface area contributed by atoms with Crippen molar-refractivity contribution in [1.82, 2.24) is 9.78 Å². The number of ketones is 1. The van der Waals surface area contributed by atoms with Gasteiger partial charge in [-0.05, 0) is 29.8 Å². The molecule has 0 aliphatic rings. The number of aromatic nitrogens is 2. The topological polar surface area (TPSA) is 53.4 Å². The molecule has 0 unspecified atom stereocenters. The highest BCUT2D eigenvalue weighted by Gasteiger charge is 2.06. The van der Waals surface area contributed by atoms with Crippen molar-refractivity contribution in [2.75, 3.05) is 14.2 Å². The summed E-state index contributed by atoms with van der Waals surface area (Å²) in [5, 5.41) is 4.06. The highest BCUT2D eigenvalue weighted by atomic mass is 16.5. The molecule has 0 N–H and O–H groups in total. The maximum atomic E-state index is 11.9. The molecule has 1 aromatic heterocycles. The number of carbonyl (C=O) groups is 1. The van der Waals surface area contributed by atoms with Crippen molar-refractivity contribution in [3.63, 3.8) is 0 Å². The summed E-state index contributed by atoms with van der Waals surface area (Å²) < 4.78 is 12.0. The molecular weight excluding hydrogens is 256 g/mol. The van der Waals surface area contributed by atoms with Gasteiger partial charge in [0.1, 0.15) is 5.69 Å². The van der Waals surface area contributed by atoms with Crippen LogP contribution in [0.1, 0.15) is 16.1 Å². The number of aryl methyl sites for hydroxylation is 1. The van der Waals surface area contributed by atoms with Gasteiger partial charge in [0.2, 0.25) is 5.78 Å². The minimum Gasteiger partial charge on any atom is -0.493 e. The van der Waals surface area contributed by atoms with Crippen LogP contribution in [0, 0.1) is 0 Å². The number of allylic oxidation sites excluding steroid dienone is 1. The van der Waals surface area contributed by atoms with E-state index < -0.39 is 0 Å². The Morgan fingerprint density at radius 3 is 2.55 bits per heavy atom. The molecule has 104 valence electrons. The Morgan fingerprint density at radius 2 is 1.95 bits per heavy atom. The zero-order valence-corrected chi connectivity index (χ0v) is 11.7. The van der Waals surface area contributed by atoms with Gasteiger partial charge in [-0.2, -0.15) is 5.10 Å². The average molecular weight is 272 g/mol. The van der Waals surface area contributed by atoms with Crippen molar-refractivity contribution in [1.29, 1.82) is 0 Å². The first-order chi connectivity index (χ1) is 9.63. The fraction of sp³-hybridized carbons (Fsp3) is 0.200. The number of hydrogen-bond acceptors (Lipinski definition) is 4. The molecule has 0 spiro atoms. The number of carbonyl (C=O) groups excluding carboxylic acids is 1. The van der Waals surface area contributed by atoms with Gasteiger partial charge in [0.25, 0.3) is 0 Å². The zero-order chi connectivity index (χ0) is 14.5. The van der Waals surface area contributed by atoms with Crippen LogP contribution in [0.3, 0.4) is 0 Å². The monoisotopic (exact) mass is 272 g/mol. The molecule has 0 saturated heterocycles. The standard InChI is InChI=1S/C15H16N2O3/c1-17-9-8-12(16-17)13(18)6-4-11-5-7-14(19-2)15(10-11)20-3/h4-10H,1-3H3/b6-4+. The number of benzene rings is 1. The van der Waals surface area contributed by atoms with Crippen LogP contribution in [0.15, 0.2) is 36.5 Å². The summed E-state index contributed by atoms with van der Waals surface area (Å²) in [5.41, 5.74) is 1.27. The third-order valence-corrected chi connectivity index (χ3v) is 2.80. The number of ether oxygens (including phenoxy) is 2. The van der Waals surface area contributed by atoms with Crippen molar-refractivity contribution in [3.8, 4) is 11.5 Å². The number of hydrogen-bond donors (Lipinski definition) is 0. The van der Waals surface area contributed by atoms with E-state index in [1.807, 2.05) is 6.07 Å². The fourth-order valence-corrected chi connectivity index (χ4v) is 1.76. The van der Waals surface area contributed by atoms with Gasteiger partial charge in [-0.15, -0.1) is 0 Å². The van der Waals surface area contributed by atoms with E-state index in [1.165, 1.54) is 6.08 Å². The maximum Gasteiger partial charge on any atom is 0.206 e. The minimum atomic E-state index is -0.139. The summed E-state index contributed by atoms with van der Waals surface area (Å²) in [6, 6.07) is 7.13. The number of rotatable bonds is 5. The van der Waals surface area contributed by atoms with Gasteiger partial charge < -0.3 is 9.47 Å². The van der Waals surface area contributed by atoms with Crippen molar-refractivity contribution >= 4 is 11.9 Å². The molecule has 5 heteroatoms. The van der Waals surface area contributed by atoms with Crippen LogP contribution < -0.4 is 9.47 Å². The Balaban J connectivity index is 2.17. The second-order valence-electron chi connectivity index (χ2n) is 4.19. The van der Waals surface area contributed by atoms with Crippen LogP contribution in [0.2, 0.25) is 0 Å². The molecule has 0 atom stereocenters. The van der Waals surface area contributed by atoms with E-state index >= 15 is 0 Å². The number of methoxy groups -OCH3 is 2. The van der Waals surface area contributed by atoms with Gasteiger partial charge in [0, 0.05) is 13.2 Å². The molecule has 0 saturated carbocycles. The third-order valence-electron chi connectivity index (χ3n) is 2.80. The summed E-state index contributed by atoms with van der Waals surface area (Å²) in [7, 11) is 4.93. The van der Waals surface area contributed by atoms with Crippen molar-refractivity contribution in [3.05, 3.63) is 47.8 Å².